The van der Waals surface area contributed by atoms with E-state index in [0.717, 1.165) is 17.8 Å². The number of hydrogen-bond donors (Lipinski definition) is 1. The van der Waals surface area contributed by atoms with Crippen LogP contribution in [-0.2, 0) is 4.79 Å². The van der Waals surface area contributed by atoms with Crippen LogP contribution >= 0.6 is 23.1 Å². The van der Waals surface area contributed by atoms with Crippen molar-refractivity contribution in [1.82, 2.24) is 19.9 Å². The molecular formula is C18H20N4O2S2. The number of nitrogens with one attached hydrogen (secondary N) is 1. The summed E-state index contributed by atoms with van der Waals surface area (Å²) in [7, 11) is 0. The smallest absolute Gasteiger partial charge is 0.221 e. The maximum absolute atomic E-state index is 12.4. The van der Waals surface area contributed by atoms with Gasteiger partial charge in [0, 0.05) is 19.0 Å². The molecule has 0 bridgehead atoms. The normalized spacial score (nSPS) is 12.2. The van der Waals surface area contributed by atoms with Crippen LogP contribution in [0, 0.1) is 0 Å². The number of thiophene rings is 1. The van der Waals surface area contributed by atoms with E-state index >= 15 is 0 Å². The molecule has 0 saturated heterocycles. The fourth-order valence-electron chi connectivity index (χ4n) is 2.65. The molecule has 0 aliphatic heterocycles. The second kappa shape index (κ2) is 8.95. The first-order valence-corrected chi connectivity index (χ1v) is 10.6. The van der Waals surface area contributed by atoms with Gasteiger partial charge >= 0.3 is 0 Å². The lowest BCUT2D eigenvalue weighted by atomic mass is 10.1. The molecule has 0 aromatic carbocycles. The van der Waals surface area contributed by atoms with E-state index in [2.05, 4.69) is 15.5 Å². The Bertz CT molecular complexity index is 876. The number of ketones is 1. The Balaban J connectivity index is 1.66. The van der Waals surface area contributed by atoms with E-state index in [1.807, 2.05) is 46.5 Å². The molecule has 1 unspecified atom stereocenters. The van der Waals surface area contributed by atoms with Gasteiger partial charge in [0.1, 0.15) is 0 Å². The molecule has 136 valence electrons. The standard InChI is InChI=1S/C18H20N4O2S2/c1-25-12-9-13(18-21-20-16-6-2-3-10-22(16)18)19-17(24)8-7-14(23)15-5-4-11-26-15/h2-6,10-11,13H,7-9,12H2,1H3,(H,19,24). The Morgan fingerprint density at radius 3 is 2.88 bits per heavy atom. The highest BCUT2D eigenvalue weighted by atomic mass is 32.2. The number of pyridine rings is 1. The van der Waals surface area contributed by atoms with Crippen molar-refractivity contribution < 1.29 is 9.59 Å². The van der Waals surface area contributed by atoms with Crippen molar-refractivity contribution in [2.45, 2.75) is 25.3 Å². The Morgan fingerprint density at radius 2 is 2.12 bits per heavy atom. The van der Waals surface area contributed by atoms with Crippen LogP contribution in [0.2, 0.25) is 0 Å². The molecule has 3 heterocycles. The predicted octanol–water partition coefficient (Wildman–Crippen LogP) is 3.36. The zero-order valence-electron chi connectivity index (χ0n) is 14.4. The highest BCUT2D eigenvalue weighted by Gasteiger charge is 2.20. The van der Waals surface area contributed by atoms with Gasteiger partial charge in [-0.15, -0.1) is 21.5 Å². The van der Waals surface area contributed by atoms with E-state index in [9.17, 15) is 9.59 Å². The number of fused-ring (bicyclic) bond motifs is 1. The fraction of sp³-hybridized carbons (Fsp3) is 0.333. The Kier molecular flexibility index (Phi) is 6.40. The van der Waals surface area contributed by atoms with Crippen molar-refractivity contribution in [3.8, 4) is 0 Å². The van der Waals surface area contributed by atoms with Crippen molar-refractivity contribution in [2.75, 3.05) is 12.0 Å². The van der Waals surface area contributed by atoms with Gasteiger partial charge in [-0.2, -0.15) is 11.8 Å². The van der Waals surface area contributed by atoms with Gasteiger partial charge < -0.3 is 5.32 Å². The van der Waals surface area contributed by atoms with Gasteiger partial charge in [-0.1, -0.05) is 12.1 Å². The number of thioether (sulfide) groups is 1. The van der Waals surface area contributed by atoms with Crippen LogP contribution in [0.4, 0.5) is 0 Å². The van der Waals surface area contributed by atoms with Crippen molar-refractivity contribution >= 4 is 40.4 Å². The fourth-order valence-corrected chi connectivity index (χ4v) is 3.82. The molecule has 1 amide bonds. The summed E-state index contributed by atoms with van der Waals surface area (Å²) in [6.07, 6.45) is 5.05. The van der Waals surface area contributed by atoms with Crippen LogP contribution in [0.25, 0.3) is 5.65 Å². The van der Waals surface area contributed by atoms with Crippen LogP contribution in [0.1, 0.15) is 40.8 Å². The van der Waals surface area contributed by atoms with Crippen LogP contribution in [0.15, 0.2) is 41.9 Å². The number of Topliss-reactive ketones (excluding diaryl/α,β-unsaturated/α-hetero) is 1. The molecule has 3 rings (SSSR count). The molecule has 26 heavy (non-hydrogen) atoms. The molecule has 3 aromatic heterocycles. The number of carbonyl (C=O) groups is 2. The highest BCUT2D eigenvalue weighted by molar-refractivity contribution is 7.98. The lowest BCUT2D eigenvalue weighted by Crippen LogP contribution is -2.30. The van der Waals surface area contributed by atoms with Gasteiger partial charge in [-0.05, 0) is 42.0 Å². The Hall–Kier alpha value is -2.19. The van der Waals surface area contributed by atoms with E-state index < -0.39 is 0 Å². The van der Waals surface area contributed by atoms with Crippen molar-refractivity contribution in [3.63, 3.8) is 0 Å². The van der Waals surface area contributed by atoms with Gasteiger partial charge in [-0.3, -0.25) is 14.0 Å². The summed E-state index contributed by atoms with van der Waals surface area (Å²) >= 11 is 3.12. The maximum atomic E-state index is 12.4. The van der Waals surface area contributed by atoms with E-state index in [1.54, 1.807) is 17.8 Å². The van der Waals surface area contributed by atoms with Crippen LogP contribution in [-0.4, -0.2) is 38.3 Å². The number of carbonyl (C=O) groups excluding carboxylic acids is 2. The zero-order valence-corrected chi connectivity index (χ0v) is 16.1. The summed E-state index contributed by atoms with van der Waals surface area (Å²) in [5.41, 5.74) is 0.749. The summed E-state index contributed by atoms with van der Waals surface area (Å²) < 4.78 is 1.89. The van der Waals surface area contributed by atoms with E-state index in [-0.39, 0.29) is 30.6 Å². The maximum Gasteiger partial charge on any atom is 0.221 e. The summed E-state index contributed by atoms with van der Waals surface area (Å²) in [5, 5.41) is 13.3. The predicted molar refractivity (Wildman–Crippen MR) is 105 cm³/mol. The third kappa shape index (κ3) is 4.50. The first kappa shape index (κ1) is 18.6. The molecule has 6 nitrogen and oxygen atoms in total. The molecule has 3 aromatic rings. The van der Waals surface area contributed by atoms with Crippen molar-refractivity contribution in [2.24, 2.45) is 0 Å². The monoisotopic (exact) mass is 388 g/mol. The van der Waals surface area contributed by atoms with E-state index in [0.29, 0.717) is 10.7 Å². The van der Waals surface area contributed by atoms with E-state index in [4.69, 9.17) is 0 Å². The third-order valence-corrected chi connectivity index (χ3v) is 5.53. The Morgan fingerprint density at radius 1 is 1.23 bits per heavy atom. The number of amides is 1. The van der Waals surface area contributed by atoms with Crippen LogP contribution in [0.3, 0.4) is 0 Å². The van der Waals surface area contributed by atoms with E-state index in [1.165, 1.54) is 11.3 Å². The molecule has 1 atom stereocenters. The first-order chi connectivity index (χ1) is 12.7. The topological polar surface area (TPSA) is 76.4 Å². The van der Waals surface area contributed by atoms with Gasteiger partial charge in [0.15, 0.2) is 17.3 Å². The molecule has 0 saturated carbocycles. The molecular weight excluding hydrogens is 368 g/mol. The SMILES string of the molecule is CSCCC(NC(=O)CCC(=O)c1cccs1)c1nnc2ccccn12. The number of nitrogens with zero attached hydrogens (tertiary/aromatic N) is 3. The van der Waals surface area contributed by atoms with Gasteiger partial charge in [0.2, 0.25) is 5.91 Å². The average Bonchev–Trinajstić information content (AvgIpc) is 3.33. The molecule has 8 heteroatoms. The van der Waals surface area contributed by atoms with Gasteiger partial charge in [0.05, 0.1) is 10.9 Å². The van der Waals surface area contributed by atoms with Crippen molar-refractivity contribution in [3.05, 3.63) is 52.6 Å². The minimum Gasteiger partial charge on any atom is -0.346 e. The summed E-state index contributed by atoms with van der Waals surface area (Å²) in [4.78, 5) is 25.2. The number of hydrogen-bond acceptors (Lipinski definition) is 6. The minimum atomic E-state index is -0.232. The average molecular weight is 389 g/mol. The van der Waals surface area contributed by atoms with Crippen LogP contribution in [0.5, 0.6) is 0 Å². The van der Waals surface area contributed by atoms with Crippen LogP contribution < -0.4 is 5.32 Å². The van der Waals surface area contributed by atoms with Gasteiger partial charge in [-0.25, -0.2) is 0 Å². The van der Waals surface area contributed by atoms with Gasteiger partial charge in [0.25, 0.3) is 0 Å². The first-order valence-electron chi connectivity index (χ1n) is 8.33. The lowest BCUT2D eigenvalue weighted by Gasteiger charge is -2.17. The minimum absolute atomic E-state index is 0.00346. The number of rotatable bonds is 9. The highest BCUT2D eigenvalue weighted by Crippen LogP contribution is 2.19. The summed E-state index contributed by atoms with van der Waals surface area (Å²) in [5.74, 6) is 1.46. The zero-order chi connectivity index (χ0) is 18.4. The largest absolute Gasteiger partial charge is 0.346 e. The molecule has 0 aliphatic carbocycles. The number of aromatic nitrogens is 3. The Labute approximate surface area is 160 Å². The quantitative estimate of drug-likeness (QED) is 0.569. The molecule has 0 spiro atoms. The molecule has 0 radical (unpaired) electrons. The lowest BCUT2D eigenvalue weighted by molar-refractivity contribution is -0.121. The second-order valence-electron chi connectivity index (χ2n) is 5.79. The third-order valence-electron chi connectivity index (χ3n) is 3.97. The second-order valence-corrected chi connectivity index (χ2v) is 7.72. The molecule has 0 fully saturated rings. The summed E-state index contributed by atoms with van der Waals surface area (Å²) in [6.45, 7) is 0. The van der Waals surface area contributed by atoms with Crippen molar-refractivity contribution in [1.29, 1.82) is 0 Å². The summed E-state index contributed by atoms with van der Waals surface area (Å²) in [6, 6.07) is 9.08. The molecule has 1 N–H and O–H groups in total. The molecule has 0 aliphatic rings.